The summed E-state index contributed by atoms with van der Waals surface area (Å²) in [5.74, 6) is -1.96. The predicted octanol–water partition coefficient (Wildman–Crippen LogP) is 2.69. The Morgan fingerprint density at radius 2 is 1.95 bits per heavy atom. The van der Waals surface area contributed by atoms with Gasteiger partial charge in [0.1, 0.15) is 5.69 Å². The molecule has 2 N–H and O–H groups in total. The first-order valence-electron chi connectivity index (χ1n) is 6.52. The zero-order valence-corrected chi connectivity index (χ0v) is 11.5. The smallest absolute Gasteiger partial charge is 0.352 e. The number of carboxylic acid groups (broad SMARTS) is 2. The summed E-state index contributed by atoms with van der Waals surface area (Å²) in [6.07, 6.45) is 0.775. The van der Waals surface area contributed by atoms with E-state index in [1.807, 2.05) is 25.1 Å². The van der Waals surface area contributed by atoms with Crippen LogP contribution in [0.15, 0.2) is 18.2 Å². The van der Waals surface area contributed by atoms with Gasteiger partial charge >= 0.3 is 11.9 Å². The standard InChI is InChI=1S/C15H17NO4/c1-3-10-4-5-12-11(8-10)9(2)14(15(19)20)16(12)7-6-13(17)18/h4-5,8H,3,6-7H2,1-2H3,(H,17,18)(H,19,20). The number of fused-ring (bicyclic) bond motifs is 1. The van der Waals surface area contributed by atoms with Gasteiger partial charge in [0.2, 0.25) is 0 Å². The molecule has 1 aromatic heterocycles. The number of hydrogen-bond donors (Lipinski definition) is 2. The molecule has 2 rings (SSSR count). The fourth-order valence-corrected chi connectivity index (χ4v) is 2.50. The topological polar surface area (TPSA) is 79.5 Å². The summed E-state index contributed by atoms with van der Waals surface area (Å²) >= 11 is 0. The average molecular weight is 275 g/mol. The van der Waals surface area contributed by atoms with E-state index in [2.05, 4.69) is 0 Å². The molecule has 0 saturated carbocycles. The third-order valence-corrected chi connectivity index (χ3v) is 3.54. The van der Waals surface area contributed by atoms with Crippen molar-refractivity contribution in [3.8, 4) is 0 Å². The number of carbonyl (C=O) groups is 2. The van der Waals surface area contributed by atoms with Gasteiger partial charge < -0.3 is 14.8 Å². The first kappa shape index (κ1) is 14.1. The third-order valence-electron chi connectivity index (χ3n) is 3.54. The lowest BCUT2D eigenvalue weighted by Gasteiger charge is -2.07. The van der Waals surface area contributed by atoms with E-state index in [0.717, 1.165) is 22.9 Å². The molecule has 1 aromatic carbocycles. The maximum atomic E-state index is 11.4. The number of hydrogen-bond acceptors (Lipinski definition) is 2. The number of aromatic nitrogens is 1. The number of carboxylic acids is 2. The minimum atomic E-state index is -1.03. The van der Waals surface area contributed by atoms with Crippen LogP contribution in [0, 0.1) is 6.92 Å². The Morgan fingerprint density at radius 1 is 1.25 bits per heavy atom. The molecule has 0 fully saturated rings. The number of aliphatic carboxylic acids is 1. The Kier molecular flexibility index (Phi) is 3.79. The molecular formula is C15H17NO4. The van der Waals surface area contributed by atoms with Gasteiger partial charge in [-0.3, -0.25) is 4.79 Å². The van der Waals surface area contributed by atoms with Crippen molar-refractivity contribution in [3.05, 3.63) is 35.0 Å². The molecule has 0 unspecified atom stereocenters. The molecule has 0 bridgehead atoms. The highest BCUT2D eigenvalue weighted by molar-refractivity contribution is 5.98. The van der Waals surface area contributed by atoms with E-state index in [1.54, 1.807) is 11.5 Å². The highest BCUT2D eigenvalue weighted by Crippen LogP contribution is 2.27. The predicted molar refractivity (Wildman–Crippen MR) is 75.3 cm³/mol. The highest BCUT2D eigenvalue weighted by Gasteiger charge is 2.20. The van der Waals surface area contributed by atoms with Crippen molar-refractivity contribution in [3.63, 3.8) is 0 Å². The highest BCUT2D eigenvalue weighted by atomic mass is 16.4. The molecule has 0 saturated heterocycles. The molecule has 106 valence electrons. The number of aromatic carboxylic acids is 1. The van der Waals surface area contributed by atoms with Crippen LogP contribution >= 0.6 is 0 Å². The molecule has 0 aliphatic rings. The molecule has 2 aromatic rings. The number of benzene rings is 1. The van der Waals surface area contributed by atoms with Crippen molar-refractivity contribution in [2.75, 3.05) is 0 Å². The van der Waals surface area contributed by atoms with Gasteiger partial charge in [-0.1, -0.05) is 13.0 Å². The van der Waals surface area contributed by atoms with Gasteiger partial charge in [-0.25, -0.2) is 4.79 Å². The van der Waals surface area contributed by atoms with Crippen LogP contribution < -0.4 is 0 Å². The summed E-state index contributed by atoms with van der Waals surface area (Å²) in [4.78, 5) is 22.2. The molecule has 0 amide bonds. The minimum Gasteiger partial charge on any atom is -0.481 e. The Morgan fingerprint density at radius 3 is 2.50 bits per heavy atom. The molecule has 0 aliphatic heterocycles. The van der Waals surface area contributed by atoms with Crippen LogP contribution in [0.3, 0.4) is 0 Å². The molecular weight excluding hydrogens is 258 g/mol. The first-order chi connectivity index (χ1) is 9.45. The first-order valence-corrected chi connectivity index (χ1v) is 6.52. The molecule has 0 radical (unpaired) electrons. The lowest BCUT2D eigenvalue weighted by atomic mass is 10.1. The van der Waals surface area contributed by atoms with Crippen molar-refractivity contribution < 1.29 is 19.8 Å². The average Bonchev–Trinajstić information content (AvgIpc) is 2.68. The van der Waals surface area contributed by atoms with Gasteiger partial charge in [0.15, 0.2) is 0 Å². The summed E-state index contributed by atoms with van der Waals surface area (Å²) in [5, 5.41) is 19.1. The molecule has 0 atom stereocenters. The minimum absolute atomic E-state index is 0.0982. The van der Waals surface area contributed by atoms with Crippen LogP contribution in [0.2, 0.25) is 0 Å². The van der Waals surface area contributed by atoms with Gasteiger partial charge in [0.25, 0.3) is 0 Å². The number of nitrogens with zero attached hydrogens (tertiary/aromatic N) is 1. The molecule has 0 aliphatic carbocycles. The molecule has 1 heterocycles. The van der Waals surface area contributed by atoms with Crippen molar-refractivity contribution in [2.24, 2.45) is 0 Å². The normalized spacial score (nSPS) is 10.9. The second kappa shape index (κ2) is 5.36. The van der Waals surface area contributed by atoms with Gasteiger partial charge in [-0.2, -0.15) is 0 Å². The van der Waals surface area contributed by atoms with Crippen molar-refractivity contribution in [1.82, 2.24) is 4.57 Å². The fourth-order valence-electron chi connectivity index (χ4n) is 2.50. The van der Waals surface area contributed by atoms with E-state index in [9.17, 15) is 14.7 Å². The van der Waals surface area contributed by atoms with E-state index in [0.29, 0.717) is 5.56 Å². The largest absolute Gasteiger partial charge is 0.481 e. The van der Waals surface area contributed by atoms with Gasteiger partial charge in [0.05, 0.1) is 6.42 Å². The second-order valence-electron chi connectivity index (χ2n) is 4.78. The van der Waals surface area contributed by atoms with Crippen molar-refractivity contribution in [2.45, 2.75) is 33.2 Å². The van der Waals surface area contributed by atoms with E-state index in [-0.39, 0.29) is 18.7 Å². The maximum Gasteiger partial charge on any atom is 0.352 e. The van der Waals surface area contributed by atoms with Crippen LogP contribution in [0.5, 0.6) is 0 Å². The number of rotatable bonds is 5. The van der Waals surface area contributed by atoms with Crippen LogP contribution in [0.25, 0.3) is 10.9 Å². The summed E-state index contributed by atoms with van der Waals surface area (Å²) < 4.78 is 1.58. The number of aryl methyl sites for hydroxylation is 3. The maximum absolute atomic E-state index is 11.4. The van der Waals surface area contributed by atoms with Crippen LogP contribution in [-0.2, 0) is 17.8 Å². The van der Waals surface area contributed by atoms with Gasteiger partial charge in [0, 0.05) is 17.4 Å². The summed E-state index contributed by atoms with van der Waals surface area (Å²) in [6.45, 7) is 3.96. The fraction of sp³-hybridized carbons (Fsp3) is 0.333. The lowest BCUT2D eigenvalue weighted by Crippen LogP contribution is -2.12. The molecule has 5 nitrogen and oxygen atoms in total. The van der Waals surface area contributed by atoms with Crippen LogP contribution in [0.1, 0.15) is 35.0 Å². The van der Waals surface area contributed by atoms with E-state index >= 15 is 0 Å². The Hall–Kier alpha value is -2.30. The van der Waals surface area contributed by atoms with Crippen LogP contribution in [0.4, 0.5) is 0 Å². The van der Waals surface area contributed by atoms with E-state index in [1.165, 1.54) is 0 Å². The molecule has 0 spiro atoms. The summed E-state index contributed by atoms with van der Waals surface area (Å²) in [5.41, 5.74) is 2.77. The SMILES string of the molecule is CCc1ccc2c(c1)c(C)c(C(=O)O)n2CCC(=O)O. The quantitative estimate of drug-likeness (QED) is 0.879. The van der Waals surface area contributed by atoms with Gasteiger partial charge in [-0.05, 0) is 36.6 Å². The Balaban J connectivity index is 2.65. The van der Waals surface area contributed by atoms with E-state index in [4.69, 9.17) is 5.11 Å². The lowest BCUT2D eigenvalue weighted by molar-refractivity contribution is -0.137. The monoisotopic (exact) mass is 275 g/mol. The van der Waals surface area contributed by atoms with E-state index < -0.39 is 11.9 Å². The van der Waals surface area contributed by atoms with Crippen molar-refractivity contribution in [1.29, 1.82) is 0 Å². The summed E-state index contributed by atoms with van der Waals surface area (Å²) in [7, 11) is 0. The zero-order chi connectivity index (χ0) is 14.9. The summed E-state index contributed by atoms with van der Waals surface area (Å²) in [6, 6.07) is 5.80. The molecule has 20 heavy (non-hydrogen) atoms. The molecule has 5 heteroatoms. The van der Waals surface area contributed by atoms with Gasteiger partial charge in [-0.15, -0.1) is 0 Å². The van der Waals surface area contributed by atoms with Crippen molar-refractivity contribution >= 4 is 22.8 Å². The Bertz CT molecular complexity index is 685. The second-order valence-corrected chi connectivity index (χ2v) is 4.78. The third kappa shape index (κ3) is 2.39. The van der Waals surface area contributed by atoms with Crippen LogP contribution in [-0.4, -0.2) is 26.7 Å². The Labute approximate surface area is 116 Å². The zero-order valence-electron chi connectivity index (χ0n) is 11.5.